The van der Waals surface area contributed by atoms with Gasteiger partial charge in [-0.05, 0) is 24.3 Å². The molecule has 0 unspecified atom stereocenters. The Morgan fingerprint density at radius 3 is 2.55 bits per heavy atom. The molecule has 0 radical (unpaired) electrons. The van der Waals surface area contributed by atoms with E-state index < -0.39 is 11.6 Å². The second kappa shape index (κ2) is 6.74. The molecule has 0 N–H and O–H groups in total. The quantitative estimate of drug-likeness (QED) is 0.420. The Hall–Kier alpha value is -3.66. The minimum atomic E-state index is -0.651. The zero-order chi connectivity index (χ0) is 20.8. The minimum Gasteiger partial charge on any atom is -0.237 e. The lowest BCUT2D eigenvalue weighted by Crippen LogP contribution is -2.15. The maximum Gasteiger partial charge on any atom is 0.251 e. The molecule has 0 saturated heterocycles. The van der Waals surface area contributed by atoms with Gasteiger partial charge < -0.3 is 0 Å². The van der Waals surface area contributed by atoms with Crippen molar-refractivity contribution in [1.29, 1.82) is 0 Å². The van der Waals surface area contributed by atoms with E-state index in [-0.39, 0.29) is 22.2 Å². The molecule has 0 amide bonds. The van der Waals surface area contributed by atoms with E-state index >= 15 is 0 Å². The first-order chi connectivity index (χ1) is 13.8. The van der Waals surface area contributed by atoms with Crippen LogP contribution >= 0.6 is 0 Å². The van der Waals surface area contributed by atoms with Crippen LogP contribution in [-0.4, -0.2) is 19.6 Å². The van der Waals surface area contributed by atoms with Crippen molar-refractivity contribution in [3.63, 3.8) is 0 Å². The fourth-order valence-corrected chi connectivity index (χ4v) is 3.08. The third-order valence-electron chi connectivity index (χ3n) is 4.65. The standard InChI is InChI=1S/C22H17F2N5/c1-22(2,3)19-12-27-29-18(11-26-21(29)28-19)13-8-9-15(23)14(10-13)20-16(24)6-5-7-17(20)25-4/h5-12H,1-3H3. The first-order valence-corrected chi connectivity index (χ1v) is 8.97. The lowest BCUT2D eigenvalue weighted by Gasteiger charge is -2.16. The van der Waals surface area contributed by atoms with Crippen LogP contribution in [0.1, 0.15) is 26.5 Å². The number of hydrogen-bond donors (Lipinski definition) is 0. The van der Waals surface area contributed by atoms with Crippen LogP contribution in [0.2, 0.25) is 0 Å². The Morgan fingerprint density at radius 1 is 1.03 bits per heavy atom. The molecular weight excluding hydrogens is 372 g/mol. The topological polar surface area (TPSA) is 47.4 Å². The van der Waals surface area contributed by atoms with Crippen LogP contribution in [0.15, 0.2) is 48.8 Å². The van der Waals surface area contributed by atoms with Gasteiger partial charge in [0.05, 0.1) is 30.4 Å². The Labute approximate surface area is 166 Å². The highest BCUT2D eigenvalue weighted by molar-refractivity contribution is 5.82. The van der Waals surface area contributed by atoms with Crippen molar-refractivity contribution >= 4 is 11.5 Å². The van der Waals surface area contributed by atoms with Crippen LogP contribution in [0.25, 0.3) is 33.0 Å². The largest absolute Gasteiger partial charge is 0.251 e. The summed E-state index contributed by atoms with van der Waals surface area (Å²) in [5, 5.41) is 4.44. The molecule has 0 aliphatic rings. The van der Waals surface area contributed by atoms with Crippen LogP contribution < -0.4 is 0 Å². The Balaban J connectivity index is 1.89. The first kappa shape index (κ1) is 18.7. The molecule has 2 aromatic carbocycles. The number of benzene rings is 2. The zero-order valence-electron chi connectivity index (χ0n) is 16.1. The van der Waals surface area contributed by atoms with E-state index in [2.05, 4.69) is 19.9 Å². The second-order valence-electron chi connectivity index (χ2n) is 7.69. The van der Waals surface area contributed by atoms with Gasteiger partial charge in [0.2, 0.25) is 0 Å². The summed E-state index contributed by atoms with van der Waals surface area (Å²) in [5.41, 5.74) is 1.81. The van der Waals surface area contributed by atoms with Gasteiger partial charge in [0.25, 0.3) is 5.78 Å². The molecule has 144 valence electrons. The summed E-state index contributed by atoms with van der Waals surface area (Å²) in [7, 11) is 0. The van der Waals surface area contributed by atoms with Crippen LogP contribution in [0, 0.1) is 18.2 Å². The van der Waals surface area contributed by atoms with Gasteiger partial charge in [0.15, 0.2) is 5.69 Å². The molecular formula is C22H17F2N5. The number of imidazole rings is 1. The van der Waals surface area contributed by atoms with E-state index in [1.54, 1.807) is 23.0 Å². The third-order valence-corrected chi connectivity index (χ3v) is 4.65. The fourth-order valence-electron chi connectivity index (χ4n) is 3.08. The number of rotatable bonds is 2. The third kappa shape index (κ3) is 3.23. The Bertz CT molecular complexity index is 1280. The lowest BCUT2D eigenvalue weighted by atomic mass is 9.93. The van der Waals surface area contributed by atoms with E-state index in [1.165, 1.54) is 30.3 Å². The first-order valence-electron chi connectivity index (χ1n) is 8.97. The Morgan fingerprint density at radius 2 is 1.83 bits per heavy atom. The van der Waals surface area contributed by atoms with Crippen molar-refractivity contribution in [2.45, 2.75) is 26.2 Å². The van der Waals surface area contributed by atoms with Crippen LogP contribution in [-0.2, 0) is 5.41 Å². The van der Waals surface area contributed by atoms with Crippen molar-refractivity contribution < 1.29 is 8.78 Å². The molecule has 0 aliphatic carbocycles. The molecule has 0 fully saturated rings. The van der Waals surface area contributed by atoms with Gasteiger partial charge in [0, 0.05) is 22.1 Å². The van der Waals surface area contributed by atoms with E-state index in [1.807, 2.05) is 20.8 Å². The van der Waals surface area contributed by atoms with Gasteiger partial charge in [-0.1, -0.05) is 32.9 Å². The lowest BCUT2D eigenvalue weighted by molar-refractivity contribution is 0.562. The van der Waals surface area contributed by atoms with E-state index in [0.29, 0.717) is 17.0 Å². The predicted octanol–water partition coefficient (Wildman–Crippen LogP) is 5.58. The molecule has 7 heteroatoms. The molecule has 2 aromatic heterocycles. The molecule has 29 heavy (non-hydrogen) atoms. The van der Waals surface area contributed by atoms with Gasteiger partial charge in [-0.3, -0.25) is 0 Å². The summed E-state index contributed by atoms with van der Waals surface area (Å²) >= 11 is 0. The summed E-state index contributed by atoms with van der Waals surface area (Å²) < 4.78 is 30.6. The van der Waals surface area contributed by atoms with Crippen molar-refractivity contribution in [2.24, 2.45) is 0 Å². The monoisotopic (exact) mass is 389 g/mol. The Kier molecular flexibility index (Phi) is 4.35. The number of hydrogen-bond acceptors (Lipinski definition) is 3. The van der Waals surface area contributed by atoms with Gasteiger partial charge in [-0.15, -0.1) is 0 Å². The van der Waals surface area contributed by atoms with Gasteiger partial charge in [-0.25, -0.2) is 23.6 Å². The number of halogens is 2. The number of fused-ring (bicyclic) bond motifs is 1. The molecule has 0 atom stereocenters. The predicted molar refractivity (Wildman–Crippen MR) is 107 cm³/mol. The highest BCUT2D eigenvalue weighted by atomic mass is 19.1. The summed E-state index contributed by atoms with van der Waals surface area (Å²) in [6, 6.07) is 8.43. The second-order valence-corrected chi connectivity index (χ2v) is 7.69. The molecule has 0 saturated carbocycles. The van der Waals surface area contributed by atoms with Crippen molar-refractivity contribution in [1.82, 2.24) is 19.6 Å². The van der Waals surface area contributed by atoms with Gasteiger partial charge in [0.1, 0.15) is 11.6 Å². The summed E-state index contributed by atoms with van der Waals surface area (Å²) in [6.07, 6.45) is 3.27. The number of nitrogens with zero attached hydrogens (tertiary/aromatic N) is 5. The van der Waals surface area contributed by atoms with Crippen molar-refractivity contribution in [2.75, 3.05) is 0 Å². The maximum absolute atomic E-state index is 14.6. The molecule has 5 nitrogen and oxygen atoms in total. The van der Waals surface area contributed by atoms with E-state index in [9.17, 15) is 8.78 Å². The molecule has 4 aromatic rings. The summed E-state index contributed by atoms with van der Waals surface area (Å²) in [5.74, 6) is -0.841. The van der Waals surface area contributed by atoms with Crippen LogP contribution in [0.5, 0.6) is 0 Å². The van der Waals surface area contributed by atoms with E-state index in [0.717, 1.165) is 5.69 Å². The highest BCUT2D eigenvalue weighted by Gasteiger charge is 2.20. The van der Waals surface area contributed by atoms with Gasteiger partial charge >= 0.3 is 0 Å². The highest BCUT2D eigenvalue weighted by Crippen LogP contribution is 2.36. The SMILES string of the molecule is [C-]#[N+]c1cccc(F)c1-c1cc(-c2cnc3nc(C(C)(C)C)cnn23)ccc1F. The zero-order valence-corrected chi connectivity index (χ0v) is 16.1. The van der Waals surface area contributed by atoms with Crippen LogP contribution in [0.3, 0.4) is 0 Å². The molecule has 4 rings (SSSR count). The van der Waals surface area contributed by atoms with Crippen molar-refractivity contribution in [3.05, 3.63) is 77.5 Å². The maximum atomic E-state index is 14.6. The number of aromatic nitrogens is 4. The average molecular weight is 389 g/mol. The van der Waals surface area contributed by atoms with Gasteiger partial charge in [-0.2, -0.15) is 9.61 Å². The molecule has 0 bridgehead atoms. The summed E-state index contributed by atoms with van der Waals surface area (Å²) in [4.78, 5) is 12.2. The smallest absolute Gasteiger partial charge is 0.237 e. The molecule has 2 heterocycles. The van der Waals surface area contributed by atoms with Crippen molar-refractivity contribution in [3.8, 4) is 22.4 Å². The minimum absolute atomic E-state index is 0.0146. The normalized spacial score (nSPS) is 11.6. The fraction of sp³-hybridized carbons (Fsp3) is 0.182. The average Bonchev–Trinajstić information content (AvgIpc) is 3.11. The molecule has 0 spiro atoms. The summed E-state index contributed by atoms with van der Waals surface area (Å²) in [6.45, 7) is 13.4. The van der Waals surface area contributed by atoms with E-state index in [4.69, 9.17) is 6.57 Å². The van der Waals surface area contributed by atoms with Crippen LogP contribution in [0.4, 0.5) is 14.5 Å². The molecule has 0 aliphatic heterocycles.